The first-order valence-corrected chi connectivity index (χ1v) is 7.20. The number of carbonyl (C=O) groups excluding carboxylic acids is 1. The molecule has 0 spiro atoms. The summed E-state index contributed by atoms with van der Waals surface area (Å²) >= 11 is 0. The van der Waals surface area contributed by atoms with Gasteiger partial charge in [-0.3, -0.25) is 4.79 Å². The van der Waals surface area contributed by atoms with E-state index in [-0.39, 0.29) is 5.91 Å². The smallest absolute Gasteiger partial charge is 0.259 e. The summed E-state index contributed by atoms with van der Waals surface area (Å²) in [5.41, 5.74) is 9.02. The predicted molar refractivity (Wildman–Crippen MR) is 84.7 cm³/mol. The van der Waals surface area contributed by atoms with Gasteiger partial charge in [-0.15, -0.1) is 0 Å². The van der Waals surface area contributed by atoms with Crippen molar-refractivity contribution in [2.75, 3.05) is 11.9 Å². The third-order valence-electron chi connectivity index (χ3n) is 3.64. The highest BCUT2D eigenvalue weighted by Crippen LogP contribution is 2.22. The maximum Gasteiger partial charge on any atom is 0.259 e. The van der Waals surface area contributed by atoms with Crippen molar-refractivity contribution in [1.82, 2.24) is 0 Å². The molecule has 0 fully saturated rings. The van der Waals surface area contributed by atoms with Crippen LogP contribution < -0.4 is 11.1 Å². The maximum absolute atomic E-state index is 12.4. The lowest BCUT2D eigenvalue weighted by molar-refractivity contribution is 0.102. The number of nitrogens with one attached hydrogen (secondary N) is 1. The van der Waals surface area contributed by atoms with E-state index in [9.17, 15) is 4.79 Å². The van der Waals surface area contributed by atoms with Gasteiger partial charge in [-0.2, -0.15) is 0 Å². The van der Waals surface area contributed by atoms with Crippen LogP contribution in [0, 0.1) is 20.8 Å². The minimum absolute atomic E-state index is 0.127. The van der Waals surface area contributed by atoms with E-state index in [1.807, 2.05) is 45.0 Å². The molecule has 0 aliphatic carbocycles. The topological polar surface area (TPSA) is 68.3 Å². The molecule has 1 heterocycles. The standard InChI is InChI=1S/C17H22N2O2/c1-11-12(2)21-13(3)16(11)17(20)19-15-8-4-6-14(10-15)7-5-9-18/h4,6,8,10H,5,7,9,18H2,1-3H3,(H,19,20). The fraction of sp³-hybridized carbons (Fsp3) is 0.353. The molecule has 0 saturated heterocycles. The quantitative estimate of drug-likeness (QED) is 0.885. The Labute approximate surface area is 125 Å². The van der Waals surface area contributed by atoms with Crippen LogP contribution in [0.2, 0.25) is 0 Å². The van der Waals surface area contributed by atoms with Crippen molar-refractivity contribution in [3.05, 3.63) is 52.5 Å². The lowest BCUT2D eigenvalue weighted by Gasteiger charge is -2.07. The van der Waals surface area contributed by atoms with Crippen molar-refractivity contribution in [1.29, 1.82) is 0 Å². The summed E-state index contributed by atoms with van der Waals surface area (Å²) < 4.78 is 5.51. The van der Waals surface area contributed by atoms with E-state index in [4.69, 9.17) is 10.2 Å². The average Bonchev–Trinajstić information content (AvgIpc) is 2.70. The molecule has 4 heteroatoms. The fourth-order valence-corrected chi connectivity index (χ4v) is 2.43. The van der Waals surface area contributed by atoms with Crippen molar-refractivity contribution < 1.29 is 9.21 Å². The molecule has 0 unspecified atom stereocenters. The van der Waals surface area contributed by atoms with Crippen LogP contribution >= 0.6 is 0 Å². The van der Waals surface area contributed by atoms with Crippen molar-refractivity contribution >= 4 is 11.6 Å². The number of hydrogen-bond acceptors (Lipinski definition) is 3. The second-order valence-corrected chi connectivity index (χ2v) is 5.26. The van der Waals surface area contributed by atoms with Gasteiger partial charge in [0.05, 0.1) is 5.56 Å². The molecule has 1 aromatic carbocycles. The van der Waals surface area contributed by atoms with Crippen LogP contribution in [0.1, 0.15) is 39.4 Å². The summed E-state index contributed by atoms with van der Waals surface area (Å²) in [4.78, 5) is 12.4. The molecule has 4 nitrogen and oxygen atoms in total. The van der Waals surface area contributed by atoms with Crippen molar-refractivity contribution in [2.24, 2.45) is 5.73 Å². The van der Waals surface area contributed by atoms with Gasteiger partial charge in [0.15, 0.2) is 0 Å². The van der Waals surface area contributed by atoms with E-state index in [2.05, 4.69) is 5.32 Å². The molecule has 0 aliphatic heterocycles. The Bertz CT molecular complexity index is 644. The van der Waals surface area contributed by atoms with E-state index >= 15 is 0 Å². The van der Waals surface area contributed by atoms with Gasteiger partial charge in [-0.25, -0.2) is 0 Å². The number of hydrogen-bond donors (Lipinski definition) is 2. The maximum atomic E-state index is 12.4. The number of rotatable bonds is 5. The van der Waals surface area contributed by atoms with Gasteiger partial charge in [0.25, 0.3) is 5.91 Å². The summed E-state index contributed by atoms with van der Waals surface area (Å²) in [7, 11) is 0. The predicted octanol–water partition coefficient (Wildman–Crippen LogP) is 3.35. The Morgan fingerprint density at radius 1 is 1.24 bits per heavy atom. The van der Waals surface area contributed by atoms with Gasteiger partial charge in [0.2, 0.25) is 0 Å². The third-order valence-corrected chi connectivity index (χ3v) is 3.64. The normalized spacial score (nSPS) is 10.7. The Morgan fingerprint density at radius 3 is 2.62 bits per heavy atom. The fourth-order valence-electron chi connectivity index (χ4n) is 2.43. The Hall–Kier alpha value is -2.07. The molecule has 0 atom stereocenters. The van der Waals surface area contributed by atoms with Crippen LogP contribution in [0.5, 0.6) is 0 Å². The SMILES string of the molecule is Cc1oc(C)c(C(=O)Nc2cccc(CCCN)c2)c1C. The van der Waals surface area contributed by atoms with Gasteiger partial charge in [0.1, 0.15) is 11.5 Å². The summed E-state index contributed by atoms with van der Waals surface area (Å²) in [5.74, 6) is 1.31. The molecule has 112 valence electrons. The molecule has 0 bridgehead atoms. The molecular weight excluding hydrogens is 264 g/mol. The first kappa shape index (κ1) is 15.3. The summed E-state index contributed by atoms with van der Waals surface area (Å²) in [6.07, 6.45) is 1.86. The zero-order valence-electron chi connectivity index (χ0n) is 12.8. The number of benzene rings is 1. The van der Waals surface area contributed by atoms with Crippen molar-refractivity contribution in [2.45, 2.75) is 33.6 Å². The van der Waals surface area contributed by atoms with Gasteiger partial charge in [-0.05, 0) is 57.9 Å². The molecule has 0 radical (unpaired) electrons. The van der Waals surface area contributed by atoms with Crippen LogP contribution in [0.4, 0.5) is 5.69 Å². The van der Waals surface area contributed by atoms with Crippen molar-refractivity contribution in [3.8, 4) is 0 Å². The molecule has 1 amide bonds. The third kappa shape index (κ3) is 3.52. The molecule has 21 heavy (non-hydrogen) atoms. The molecule has 0 saturated carbocycles. The Kier molecular flexibility index (Phi) is 4.81. The molecule has 2 aromatic rings. The first-order chi connectivity index (χ1) is 10.0. The summed E-state index contributed by atoms with van der Waals surface area (Å²) in [5, 5.41) is 2.94. The van der Waals surface area contributed by atoms with Crippen LogP contribution in [0.25, 0.3) is 0 Å². The zero-order chi connectivity index (χ0) is 15.4. The number of furan rings is 1. The number of anilines is 1. The molecule has 1 aromatic heterocycles. The van der Waals surface area contributed by atoms with Gasteiger partial charge in [0, 0.05) is 11.3 Å². The van der Waals surface area contributed by atoms with E-state index in [1.165, 1.54) is 5.56 Å². The highest BCUT2D eigenvalue weighted by atomic mass is 16.3. The summed E-state index contributed by atoms with van der Waals surface area (Å²) in [6.45, 7) is 6.25. The second-order valence-electron chi connectivity index (χ2n) is 5.26. The minimum Gasteiger partial charge on any atom is -0.466 e. The van der Waals surface area contributed by atoms with E-state index in [0.717, 1.165) is 29.9 Å². The highest BCUT2D eigenvalue weighted by Gasteiger charge is 2.18. The molecule has 2 rings (SSSR count). The molecule has 3 N–H and O–H groups in total. The monoisotopic (exact) mass is 286 g/mol. The first-order valence-electron chi connectivity index (χ1n) is 7.20. The number of carbonyl (C=O) groups is 1. The Morgan fingerprint density at radius 2 is 2.00 bits per heavy atom. The number of nitrogens with two attached hydrogens (primary N) is 1. The van der Waals surface area contributed by atoms with E-state index < -0.39 is 0 Å². The van der Waals surface area contributed by atoms with Crippen LogP contribution in [-0.2, 0) is 6.42 Å². The molecular formula is C17H22N2O2. The van der Waals surface area contributed by atoms with E-state index in [1.54, 1.807) is 0 Å². The van der Waals surface area contributed by atoms with Gasteiger partial charge < -0.3 is 15.5 Å². The lowest BCUT2D eigenvalue weighted by Crippen LogP contribution is -2.13. The largest absolute Gasteiger partial charge is 0.466 e. The average molecular weight is 286 g/mol. The van der Waals surface area contributed by atoms with Gasteiger partial charge >= 0.3 is 0 Å². The highest BCUT2D eigenvalue weighted by molar-refractivity contribution is 6.06. The van der Waals surface area contributed by atoms with Crippen molar-refractivity contribution in [3.63, 3.8) is 0 Å². The number of amides is 1. The van der Waals surface area contributed by atoms with Crippen LogP contribution in [0.3, 0.4) is 0 Å². The van der Waals surface area contributed by atoms with E-state index in [0.29, 0.717) is 17.9 Å². The van der Waals surface area contributed by atoms with Crippen LogP contribution in [-0.4, -0.2) is 12.5 Å². The lowest BCUT2D eigenvalue weighted by atomic mass is 10.1. The minimum atomic E-state index is -0.127. The summed E-state index contributed by atoms with van der Waals surface area (Å²) in [6, 6.07) is 7.87. The second kappa shape index (κ2) is 6.59. The number of aryl methyl sites for hydroxylation is 3. The van der Waals surface area contributed by atoms with Crippen LogP contribution in [0.15, 0.2) is 28.7 Å². The van der Waals surface area contributed by atoms with Gasteiger partial charge in [-0.1, -0.05) is 12.1 Å². The Balaban J connectivity index is 2.16. The molecule has 0 aliphatic rings. The zero-order valence-corrected chi connectivity index (χ0v) is 12.8.